The van der Waals surface area contributed by atoms with Crippen LogP contribution in [-0.2, 0) is 6.42 Å². The summed E-state index contributed by atoms with van der Waals surface area (Å²) in [4.78, 5) is 0. The van der Waals surface area contributed by atoms with Crippen molar-refractivity contribution in [2.75, 3.05) is 13.2 Å². The van der Waals surface area contributed by atoms with Crippen LogP contribution in [-0.4, -0.2) is 13.2 Å². The van der Waals surface area contributed by atoms with E-state index in [2.05, 4.69) is 32.9 Å². The van der Waals surface area contributed by atoms with Gasteiger partial charge in [-0.15, -0.1) is 0 Å². The van der Waals surface area contributed by atoms with E-state index in [4.69, 9.17) is 10.5 Å². The number of benzene rings is 1. The number of rotatable bonds is 11. The van der Waals surface area contributed by atoms with Gasteiger partial charge in [0.15, 0.2) is 0 Å². The van der Waals surface area contributed by atoms with Gasteiger partial charge in [0.2, 0.25) is 0 Å². The Morgan fingerprint density at radius 3 is 2.05 bits per heavy atom. The van der Waals surface area contributed by atoms with Crippen LogP contribution in [0, 0.1) is 13.8 Å². The van der Waals surface area contributed by atoms with Crippen LogP contribution < -0.4 is 10.5 Å². The highest BCUT2D eigenvalue weighted by Crippen LogP contribution is 2.25. The van der Waals surface area contributed by atoms with Gasteiger partial charge in [0.05, 0.1) is 6.61 Å². The number of aryl methyl sites for hydroxylation is 2. The molecule has 0 fully saturated rings. The molecule has 0 atom stereocenters. The predicted octanol–water partition coefficient (Wildman–Crippen LogP) is 4.93. The summed E-state index contributed by atoms with van der Waals surface area (Å²) in [7, 11) is 0. The van der Waals surface area contributed by atoms with Gasteiger partial charge in [0, 0.05) is 0 Å². The Morgan fingerprint density at radius 2 is 1.48 bits per heavy atom. The van der Waals surface area contributed by atoms with Gasteiger partial charge >= 0.3 is 0 Å². The maximum absolute atomic E-state index is 6.00. The van der Waals surface area contributed by atoms with E-state index in [1.807, 2.05) is 0 Å². The Balaban J connectivity index is 2.29. The van der Waals surface area contributed by atoms with Crippen LogP contribution in [0.25, 0.3) is 0 Å². The Hall–Kier alpha value is -1.02. The van der Waals surface area contributed by atoms with Gasteiger partial charge in [0.1, 0.15) is 5.75 Å². The van der Waals surface area contributed by atoms with Gasteiger partial charge in [-0.1, -0.05) is 57.6 Å². The van der Waals surface area contributed by atoms with Crippen molar-refractivity contribution < 1.29 is 4.74 Å². The molecule has 2 nitrogen and oxygen atoms in total. The average Bonchev–Trinajstić information content (AvgIpc) is 2.44. The van der Waals surface area contributed by atoms with Gasteiger partial charge in [-0.2, -0.15) is 0 Å². The summed E-state index contributed by atoms with van der Waals surface area (Å²) in [6.07, 6.45) is 10.2. The second kappa shape index (κ2) is 10.7. The van der Waals surface area contributed by atoms with Crippen LogP contribution in [0.3, 0.4) is 0 Å². The van der Waals surface area contributed by atoms with E-state index in [0.29, 0.717) is 6.54 Å². The number of unbranched alkanes of at least 4 members (excludes halogenated alkanes) is 6. The molecule has 0 aliphatic carbocycles. The molecular formula is C19H33NO. The van der Waals surface area contributed by atoms with Crippen molar-refractivity contribution in [3.63, 3.8) is 0 Å². The number of hydrogen-bond donors (Lipinski definition) is 1. The number of nitrogens with two attached hydrogens (primary N) is 1. The van der Waals surface area contributed by atoms with Crippen LogP contribution in [0.2, 0.25) is 0 Å². The molecule has 120 valence electrons. The van der Waals surface area contributed by atoms with Crippen LogP contribution >= 0.6 is 0 Å². The lowest BCUT2D eigenvalue weighted by atomic mass is 10.0. The molecule has 0 saturated heterocycles. The summed E-state index contributed by atoms with van der Waals surface area (Å²) in [6.45, 7) is 8.07. The monoisotopic (exact) mass is 291 g/mol. The van der Waals surface area contributed by atoms with Gasteiger partial charge in [0.25, 0.3) is 0 Å². The van der Waals surface area contributed by atoms with Crippen molar-refractivity contribution in [3.05, 3.63) is 28.8 Å². The second-order valence-electron chi connectivity index (χ2n) is 6.07. The third-order valence-electron chi connectivity index (χ3n) is 3.95. The quantitative estimate of drug-likeness (QED) is 0.586. The predicted molar refractivity (Wildman–Crippen MR) is 92.2 cm³/mol. The molecule has 21 heavy (non-hydrogen) atoms. The van der Waals surface area contributed by atoms with E-state index >= 15 is 0 Å². The molecule has 0 amide bonds. The third kappa shape index (κ3) is 6.99. The molecule has 0 heterocycles. The Labute approximate surface area is 131 Å². The standard InChI is InChI=1S/C19H33NO/c1-4-5-6-7-8-9-10-13-21-19-16(2)14-18(11-12-20)15-17(19)3/h14-15H,4-13,20H2,1-3H3. The lowest BCUT2D eigenvalue weighted by Gasteiger charge is -2.14. The molecule has 1 rings (SSSR count). The van der Waals surface area contributed by atoms with E-state index in [1.165, 1.54) is 55.2 Å². The van der Waals surface area contributed by atoms with Gasteiger partial charge in [-0.05, 0) is 49.9 Å². The van der Waals surface area contributed by atoms with Crippen LogP contribution in [0.4, 0.5) is 0 Å². The first kappa shape index (κ1) is 18.0. The van der Waals surface area contributed by atoms with Gasteiger partial charge in [-0.3, -0.25) is 0 Å². The van der Waals surface area contributed by atoms with E-state index in [-0.39, 0.29) is 0 Å². The largest absolute Gasteiger partial charge is 0.493 e. The van der Waals surface area contributed by atoms with Crippen LogP contribution in [0.15, 0.2) is 12.1 Å². The molecule has 0 aromatic heterocycles. The first-order chi connectivity index (χ1) is 10.2. The lowest BCUT2D eigenvalue weighted by Crippen LogP contribution is -2.05. The summed E-state index contributed by atoms with van der Waals surface area (Å²) < 4.78 is 6.00. The summed E-state index contributed by atoms with van der Waals surface area (Å²) >= 11 is 0. The van der Waals surface area contributed by atoms with Crippen LogP contribution in [0.1, 0.15) is 68.6 Å². The molecule has 1 aromatic rings. The molecule has 0 saturated carbocycles. The van der Waals surface area contributed by atoms with Crippen molar-refractivity contribution in [3.8, 4) is 5.75 Å². The molecular weight excluding hydrogens is 258 g/mol. The van der Waals surface area contributed by atoms with Crippen molar-refractivity contribution in [1.82, 2.24) is 0 Å². The molecule has 0 unspecified atom stereocenters. The molecule has 1 aromatic carbocycles. The molecule has 0 bridgehead atoms. The average molecular weight is 291 g/mol. The van der Waals surface area contributed by atoms with E-state index < -0.39 is 0 Å². The summed E-state index contributed by atoms with van der Waals surface area (Å²) in [6, 6.07) is 4.42. The minimum atomic E-state index is 0.705. The van der Waals surface area contributed by atoms with Crippen molar-refractivity contribution in [1.29, 1.82) is 0 Å². The second-order valence-corrected chi connectivity index (χ2v) is 6.07. The van der Waals surface area contributed by atoms with Gasteiger partial charge < -0.3 is 10.5 Å². The third-order valence-corrected chi connectivity index (χ3v) is 3.95. The summed E-state index contributed by atoms with van der Waals surface area (Å²) in [5, 5.41) is 0. The SMILES string of the molecule is CCCCCCCCCOc1c(C)cc(CCN)cc1C. The van der Waals surface area contributed by atoms with E-state index in [1.54, 1.807) is 0 Å². The number of hydrogen-bond acceptors (Lipinski definition) is 2. The highest BCUT2D eigenvalue weighted by molar-refractivity contribution is 5.43. The molecule has 2 heteroatoms. The smallest absolute Gasteiger partial charge is 0.125 e. The Kier molecular flexibility index (Phi) is 9.16. The fourth-order valence-electron chi connectivity index (χ4n) is 2.81. The first-order valence-corrected chi connectivity index (χ1v) is 8.62. The normalized spacial score (nSPS) is 10.9. The molecule has 0 aliphatic heterocycles. The zero-order valence-electron chi connectivity index (χ0n) is 14.2. The molecule has 0 radical (unpaired) electrons. The Morgan fingerprint density at radius 1 is 0.905 bits per heavy atom. The summed E-state index contributed by atoms with van der Waals surface area (Å²) in [5.74, 6) is 1.07. The Bertz CT molecular complexity index is 378. The highest BCUT2D eigenvalue weighted by atomic mass is 16.5. The minimum Gasteiger partial charge on any atom is -0.493 e. The zero-order chi connectivity index (χ0) is 15.5. The van der Waals surface area contributed by atoms with Crippen molar-refractivity contribution in [2.24, 2.45) is 5.73 Å². The highest BCUT2D eigenvalue weighted by Gasteiger charge is 2.06. The van der Waals surface area contributed by atoms with Crippen molar-refractivity contribution >= 4 is 0 Å². The maximum Gasteiger partial charge on any atom is 0.125 e. The molecule has 0 aliphatic rings. The van der Waals surface area contributed by atoms with Crippen molar-refractivity contribution in [2.45, 2.75) is 72.1 Å². The first-order valence-electron chi connectivity index (χ1n) is 8.62. The van der Waals surface area contributed by atoms with Crippen LogP contribution in [0.5, 0.6) is 5.75 Å². The fraction of sp³-hybridized carbons (Fsp3) is 0.684. The number of ether oxygens (including phenoxy) is 1. The minimum absolute atomic E-state index is 0.705. The molecule has 2 N–H and O–H groups in total. The summed E-state index contributed by atoms with van der Waals surface area (Å²) in [5.41, 5.74) is 9.41. The molecule has 0 spiro atoms. The maximum atomic E-state index is 6.00. The zero-order valence-corrected chi connectivity index (χ0v) is 14.2. The van der Waals surface area contributed by atoms with Gasteiger partial charge in [-0.25, -0.2) is 0 Å². The lowest BCUT2D eigenvalue weighted by molar-refractivity contribution is 0.300. The fourth-order valence-corrected chi connectivity index (χ4v) is 2.81. The topological polar surface area (TPSA) is 35.2 Å². The van der Waals surface area contributed by atoms with E-state index in [0.717, 1.165) is 25.2 Å². The van der Waals surface area contributed by atoms with E-state index in [9.17, 15) is 0 Å².